The highest BCUT2D eigenvalue weighted by molar-refractivity contribution is 5.70. The molecule has 0 radical (unpaired) electrons. The van der Waals surface area contributed by atoms with Crippen molar-refractivity contribution in [3.8, 4) is 0 Å². The van der Waals surface area contributed by atoms with E-state index in [1.54, 1.807) is 0 Å². The van der Waals surface area contributed by atoms with Gasteiger partial charge in [0.2, 0.25) is 0 Å². The summed E-state index contributed by atoms with van der Waals surface area (Å²) in [5.74, 6) is -0.642. The molecule has 0 bridgehead atoms. The van der Waals surface area contributed by atoms with Gasteiger partial charge < -0.3 is 19.3 Å². The molecule has 6 heteroatoms. The highest BCUT2D eigenvalue weighted by Crippen LogP contribution is 2.22. The van der Waals surface area contributed by atoms with Crippen LogP contribution in [0.4, 0.5) is 0 Å². The molecule has 0 amide bonds. The van der Waals surface area contributed by atoms with Crippen LogP contribution in [0.15, 0.2) is 0 Å². The summed E-state index contributed by atoms with van der Waals surface area (Å²) in [6, 6.07) is 0. The monoisotopic (exact) mass is 330 g/mol. The quantitative estimate of drug-likeness (QED) is 0.462. The highest BCUT2D eigenvalue weighted by atomic mass is 16.6. The molecule has 0 aromatic rings. The Labute approximate surface area is 138 Å². The molecule has 0 spiro atoms. The van der Waals surface area contributed by atoms with Gasteiger partial charge in [-0.15, -0.1) is 0 Å². The third kappa shape index (κ3) is 7.31. The summed E-state index contributed by atoms with van der Waals surface area (Å²) in [5.41, 5.74) is 0. The molecule has 0 aliphatic carbocycles. The molecule has 0 unspecified atom stereocenters. The van der Waals surface area contributed by atoms with E-state index in [1.807, 2.05) is 0 Å². The van der Waals surface area contributed by atoms with Crippen molar-refractivity contribution in [1.29, 1.82) is 0 Å². The number of carbonyl (C=O) groups excluding carboxylic acids is 2. The van der Waals surface area contributed by atoms with Gasteiger partial charge in [0.25, 0.3) is 0 Å². The van der Waals surface area contributed by atoms with Crippen LogP contribution in [0.25, 0.3) is 0 Å². The van der Waals surface area contributed by atoms with Gasteiger partial charge in [0.15, 0.2) is 12.2 Å². The lowest BCUT2D eigenvalue weighted by Crippen LogP contribution is -2.39. The van der Waals surface area contributed by atoms with Crippen LogP contribution in [0.2, 0.25) is 0 Å². The molecule has 1 N–H and O–H groups in total. The SMILES string of the molecule is CCCCCC(=O)O[C@H]1[C@H](CO)OC[C@H]1OC(=O)CCCCC. The van der Waals surface area contributed by atoms with E-state index in [2.05, 4.69) is 13.8 Å². The second-order valence-electron chi connectivity index (χ2n) is 5.95. The topological polar surface area (TPSA) is 82.1 Å². The third-order valence-electron chi connectivity index (χ3n) is 3.91. The summed E-state index contributed by atoms with van der Waals surface area (Å²) in [4.78, 5) is 23.7. The summed E-state index contributed by atoms with van der Waals surface area (Å²) >= 11 is 0. The van der Waals surface area contributed by atoms with Crippen molar-refractivity contribution >= 4 is 11.9 Å². The van der Waals surface area contributed by atoms with Gasteiger partial charge in [-0.1, -0.05) is 39.5 Å². The molecule has 1 aliphatic rings. The van der Waals surface area contributed by atoms with Crippen LogP contribution in [-0.4, -0.2) is 48.6 Å². The van der Waals surface area contributed by atoms with Crippen molar-refractivity contribution in [2.75, 3.05) is 13.2 Å². The van der Waals surface area contributed by atoms with Crippen molar-refractivity contribution < 1.29 is 28.9 Å². The van der Waals surface area contributed by atoms with Crippen LogP contribution < -0.4 is 0 Å². The van der Waals surface area contributed by atoms with E-state index in [4.69, 9.17) is 14.2 Å². The Morgan fingerprint density at radius 2 is 1.57 bits per heavy atom. The van der Waals surface area contributed by atoms with Crippen LogP contribution in [0.5, 0.6) is 0 Å². The Hall–Kier alpha value is -1.14. The lowest BCUT2D eigenvalue weighted by molar-refractivity contribution is -0.166. The molecule has 3 atom stereocenters. The van der Waals surface area contributed by atoms with E-state index >= 15 is 0 Å². The Balaban J connectivity index is 2.46. The van der Waals surface area contributed by atoms with Crippen LogP contribution in [0.3, 0.4) is 0 Å². The maximum Gasteiger partial charge on any atom is 0.306 e. The number of aliphatic hydroxyl groups excluding tert-OH is 1. The van der Waals surface area contributed by atoms with Gasteiger partial charge in [0.1, 0.15) is 6.10 Å². The summed E-state index contributed by atoms with van der Waals surface area (Å²) < 4.78 is 16.2. The molecule has 0 saturated carbocycles. The van der Waals surface area contributed by atoms with E-state index in [0.717, 1.165) is 38.5 Å². The molecule has 6 nitrogen and oxygen atoms in total. The number of rotatable bonds is 11. The van der Waals surface area contributed by atoms with E-state index < -0.39 is 18.3 Å². The molecule has 0 aromatic carbocycles. The lowest BCUT2D eigenvalue weighted by Gasteiger charge is -2.22. The van der Waals surface area contributed by atoms with E-state index in [9.17, 15) is 14.7 Å². The van der Waals surface area contributed by atoms with Crippen molar-refractivity contribution in [3.63, 3.8) is 0 Å². The normalized spacial score (nSPS) is 23.7. The largest absolute Gasteiger partial charge is 0.456 e. The van der Waals surface area contributed by atoms with Crippen molar-refractivity contribution in [2.24, 2.45) is 0 Å². The van der Waals surface area contributed by atoms with Gasteiger partial charge in [-0.25, -0.2) is 0 Å². The summed E-state index contributed by atoms with van der Waals surface area (Å²) in [6.07, 6.45) is 4.27. The zero-order chi connectivity index (χ0) is 17.1. The standard InChI is InChI=1S/C17H30O6/c1-3-5-7-9-15(19)22-14-12-21-13(11-18)17(14)23-16(20)10-8-6-4-2/h13-14,17-18H,3-12H2,1-2H3/t13-,14+,17-/m0/s1. The molecule has 1 fully saturated rings. The fourth-order valence-corrected chi connectivity index (χ4v) is 2.53. The third-order valence-corrected chi connectivity index (χ3v) is 3.91. The predicted octanol–water partition coefficient (Wildman–Crippen LogP) is 2.36. The number of hydrogen-bond donors (Lipinski definition) is 1. The minimum Gasteiger partial charge on any atom is -0.456 e. The Bertz CT molecular complexity index is 357. The number of ether oxygens (including phenoxy) is 3. The minimum atomic E-state index is -0.718. The first-order valence-corrected chi connectivity index (χ1v) is 8.73. The minimum absolute atomic E-state index is 0.150. The summed E-state index contributed by atoms with van der Waals surface area (Å²) in [6.45, 7) is 4.01. The van der Waals surface area contributed by atoms with E-state index in [-0.39, 0.29) is 25.2 Å². The van der Waals surface area contributed by atoms with E-state index in [0.29, 0.717) is 12.8 Å². The molecule has 0 aromatic heterocycles. The maximum absolute atomic E-state index is 11.9. The highest BCUT2D eigenvalue weighted by Gasteiger charge is 2.42. The number of hydrogen-bond acceptors (Lipinski definition) is 6. The van der Waals surface area contributed by atoms with Crippen molar-refractivity contribution in [1.82, 2.24) is 0 Å². The van der Waals surface area contributed by atoms with Gasteiger partial charge in [0.05, 0.1) is 13.2 Å². The smallest absolute Gasteiger partial charge is 0.306 e. The lowest BCUT2D eigenvalue weighted by atomic mass is 10.1. The molecule has 23 heavy (non-hydrogen) atoms. The van der Waals surface area contributed by atoms with E-state index in [1.165, 1.54) is 0 Å². The van der Waals surface area contributed by atoms with Crippen LogP contribution in [-0.2, 0) is 23.8 Å². The Morgan fingerprint density at radius 3 is 2.09 bits per heavy atom. The van der Waals surface area contributed by atoms with Gasteiger partial charge >= 0.3 is 11.9 Å². The van der Waals surface area contributed by atoms with Crippen LogP contribution >= 0.6 is 0 Å². The van der Waals surface area contributed by atoms with Crippen molar-refractivity contribution in [3.05, 3.63) is 0 Å². The molecule has 1 saturated heterocycles. The van der Waals surface area contributed by atoms with Crippen LogP contribution in [0, 0.1) is 0 Å². The first kappa shape index (κ1) is 19.9. The van der Waals surface area contributed by atoms with Crippen molar-refractivity contribution in [2.45, 2.75) is 83.5 Å². The van der Waals surface area contributed by atoms with Gasteiger partial charge in [-0.3, -0.25) is 9.59 Å². The second-order valence-corrected chi connectivity index (χ2v) is 5.95. The Morgan fingerprint density at radius 1 is 1.00 bits per heavy atom. The molecule has 1 rings (SSSR count). The summed E-state index contributed by atoms with van der Waals surface area (Å²) in [5, 5.41) is 9.33. The zero-order valence-corrected chi connectivity index (χ0v) is 14.3. The fraction of sp³-hybridized carbons (Fsp3) is 0.882. The fourth-order valence-electron chi connectivity index (χ4n) is 2.53. The molecular formula is C17H30O6. The number of aliphatic hydroxyl groups is 1. The van der Waals surface area contributed by atoms with Gasteiger partial charge in [-0.05, 0) is 12.8 Å². The molecular weight excluding hydrogens is 300 g/mol. The number of carbonyl (C=O) groups is 2. The van der Waals surface area contributed by atoms with Crippen LogP contribution in [0.1, 0.15) is 65.2 Å². The van der Waals surface area contributed by atoms with Gasteiger partial charge in [-0.2, -0.15) is 0 Å². The average molecular weight is 330 g/mol. The Kier molecular flexibility index (Phi) is 9.87. The first-order chi connectivity index (χ1) is 11.1. The predicted molar refractivity (Wildman–Crippen MR) is 84.9 cm³/mol. The van der Waals surface area contributed by atoms with Gasteiger partial charge in [0, 0.05) is 12.8 Å². The zero-order valence-electron chi connectivity index (χ0n) is 14.3. The number of unbranched alkanes of at least 4 members (excludes halogenated alkanes) is 4. The number of esters is 2. The molecule has 134 valence electrons. The average Bonchev–Trinajstić information content (AvgIpc) is 2.89. The molecule has 1 heterocycles. The maximum atomic E-state index is 11.9. The molecule has 1 aliphatic heterocycles. The first-order valence-electron chi connectivity index (χ1n) is 8.73. The second kappa shape index (κ2) is 11.4. The summed E-state index contributed by atoms with van der Waals surface area (Å²) in [7, 11) is 0.